The molecule has 25 heavy (non-hydrogen) atoms. The van der Waals surface area contributed by atoms with Gasteiger partial charge in [-0.15, -0.1) is 12.4 Å². The van der Waals surface area contributed by atoms with Crippen molar-refractivity contribution < 1.29 is 9.53 Å². The van der Waals surface area contributed by atoms with Gasteiger partial charge in [0.05, 0.1) is 0 Å². The fraction of sp³-hybridized carbons (Fsp3) is 0.316. The first-order valence-electron chi connectivity index (χ1n) is 8.14. The summed E-state index contributed by atoms with van der Waals surface area (Å²) in [6.45, 7) is 1.85. The Hall–Kier alpha value is -1.75. The number of ether oxygens (including phenoxy) is 1. The number of nitrogens with two attached hydrogens (primary N) is 1. The van der Waals surface area contributed by atoms with Gasteiger partial charge in [0, 0.05) is 29.7 Å². The lowest BCUT2D eigenvalue weighted by molar-refractivity contribution is 0.0714. The maximum Gasteiger partial charge on any atom is 0.253 e. The van der Waals surface area contributed by atoms with Crippen LogP contribution in [-0.2, 0) is 6.61 Å². The number of benzene rings is 2. The summed E-state index contributed by atoms with van der Waals surface area (Å²) < 4.78 is 5.79. The van der Waals surface area contributed by atoms with Crippen LogP contribution in [-0.4, -0.2) is 29.9 Å². The second-order valence-corrected chi connectivity index (χ2v) is 6.51. The molecule has 0 saturated carbocycles. The molecule has 0 radical (unpaired) electrons. The molecular weight excluding hydrogens is 359 g/mol. The van der Waals surface area contributed by atoms with E-state index in [1.54, 1.807) is 6.07 Å². The maximum atomic E-state index is 12.6. The van der Waals surface area contributed by atoms with Crippen molar-refractivity contribution in [3.05, 3.63) is 64.7 Å². The number of amides is 1. The number of rotatable bonds is 4. The standard InChI is InChI=1S/C19H21ClN2O2.ClH/c20-16-5-1-3-14(11-16)13-24-18-6-2-4-15(12-18)19(23)22-9-7-17(21)8-10-22;/h1-6,11-12,17H,7-10,13,21H2;1H. The highest BCUT2D eigenvalue weighted by Gasteiger charge is 2.21. The fourth-order valence-electron chi connectivity index (χ4n) is 2.80. The quantitative estimate of drug-likeness (QED) is 0.874. The number of likely N-dealkylation sites (tertiary alicyclic amines) is 1. The van der Waals surface area contributed by atoms with Crippen molar-refractivity contribution in [1.82, 2.24) is 4.90 Å². The smallest absolute Gasteiger partial charge is 0.253 e. The second kappa shape index (κ2) is 9.09. The summed E-state index contributed by atoms with van der Waals surface area (Å²) in [6.07, 6.45) is 1.72. The predicted octanol–water partition coefficient (Wildman–Crippen LogP) is 3.90. The molecule has 2 N–H and O–H groups in total. The van der Waals surface area contributed by atoms with Crippen molar-refractivity contribution in [3.8, 4) is 5.75 Å². The minimum Gasteiger partial charge on any atom is -0.489 e. The average Bonchev–Trinajstić information content (AvgIpc) is 2.60. The molecular formula is C19H22Cl2N2O2. The van der Waals surface area contributed by atoms with Gasteiger partial charge < -0.3 is 15.4 Å². The van der Waals surface area contributed by atoms with Crippen molar-refractivity contribution in [2.45, 2.75) is 25.5 Å². The van der Waals surface area contributed by atoms with Gasteiger partial charge in [0.15, 0.2) is 0 Å². The molecule has 2 aromatic rings. The molecule has 1 heterocycles. The van der Waals surface area contributed by atoms with Gasteiger partial charge >= 0.3 is 0 Å². The van der Waals surface area contributed by atoms with E-state index in [0.717, 1.165) is 18.4 Å². The lowest BCUT2D eigenvalue weighted by Gasteiger charge is -2.30. The minimum absolute atomic E-state index is 0. The average molecular weight is 381 g/mol. The second-order valence-electron chi connectivity index (χ2n) is 6.08. The minimum atomic E-state index is 0. The first-order valence-corrected chi connectivity index (χ1v) is 8.52. The summed E-state index contributed by atoms with van der Waals surface area (Å²) in [5.74, 6) is 0.713. The molecule has 4 nitrogen and oxygen atoms in total. The van der Waals surface area contributed by atoms with Gasteiger partial charge in [0.1, 0.15) is 12.4 Å². The molecule has 1 amide bonds. The Balaban J connectivity index is 0.00000225. The summed E-state index contributed by atoms with van der Waals surface area (Å²) in [5, 5.41) is 0.684. The first kappa shape index (κ1) is 19.6. The van der Waals surface area contributed by atoms with Crippen molar-refractivity contribution in [2.24, 2.45) is 5.73 Å². The summed E-state index contributed by atoms with van der Waals surface area (Å²) in [7, 11) is 0. The van der Waals surface area contributed by atoms with Gasteiger partial charge in [-0.25, -0.2) is 0 Å². The van der Waals surface area contributed by atoms with E-state index in [1.165, 1.54) is 0 Å². The summed E-state index contributed by atoms with van der Waals surface area (Å²) in [4.78, 5) is 14.5. The Morgan fingerprint density at radius 2 is 1.88 bits per heavy atom. The topological polar surface area (TPSA) is 55.6 Å². The molecule has 0 atom stereocenters. The third kappa shape index (κ3) is 5.36. The Morgan fingerprint density at radius 3 is 2.60 bits per heavy atom. The molecule has 0 aliphatic carbocycles. The van der Waals surface area contributed by atoms with E-state index in [-0.39, 0.29) is 24.4 Å². The van der Waals surface area contributed by atoms with Gasteiger partial charge in [0.25, 0.3) is 5.91 Å². The number of hydrogen-bond donors (Lipinski definition) is 1. The van der Waals surface area contributed by atoms with Crippen LogP contribution in [0.2, 0.25) is 5.02 Å². The van der Waals surface area contributed by atoms with Crippen LogP contribution < -0.4 is 10.5 Å². The Morgan fingerprint density at radius 1 is 1.16 bits per heavy atom. The Kier molecular flexibility index (Phi) is 7.12. The zero-order chi connectivity index (χ0) is 16.9. The lowest BCUT2D eigenvalue weighted by Crippen LogP contribution is -2.42. The largest absolute Gasteiger partial charge is 0.489 e. The lowest BCUT2D eigenvalue weighted by atomic mass is 10.0. The van der Waals surface area contributed by atoms with Crippen molar-refractivity contribution >= 4 is 29.9 Å². The molecule has 0 bridgehead atoms. The van der Waals surface area contributed by atoms with E-state index in [1.807, 2.05) is 47.4 Å². The molecule has 6 heteroatoms. The third-order valence-electron chi connectivity index (χ3n) is 4.20. The van der Waals surface area contributed by atoms with Crippen LogP contribution >= 0.6 is 24.0 Å². The first-order chi connectivity index (χ1) is 11.6. The van der Waals surface area contributed by atoms with Crippen molar-refractivity contribution in [1.29, 1.82) is 0 Å². The van der Waals surface area contributed by atoms with Gasteiger partial charge in [-0.2, -0.15) is 0 Å². The molecule has 0 aromatic heterocycles. The highest BCUT2D eigenvalue weighted by atomic mass is 35.5. The van der Waals surface area contributed by atoms with Crippen molar-refractivity contribution in [3.63, 3.8) is 0 Å². The van der Waals surface area contributed by atoms with Gasteiger partial charge in [-0.05, 0) is 48.7 Å². The zero-order valence-electron chi connectivity index (χ0n) is 13.9. The van der Waals surface area contributed by atoms with E-state index >= 15 is 0 Å². The number of nitrogens with zero attached hydrogens (tertiary/aromatic N) is 1. The van der Waals surface area contributed by atoms with Crippen LogP contribution in [0.25, 0.3) is 0 Å². The molecule has 0 spiro atoms. The van der Waals surface area contributed by atoms with Crippen LogP contribution in [0, 0.1) is 0 Å². The molecule has 134 valence electrons. The monoisotopic (exact) mass is 380 g/mol. The van der Waals surface area contributed by atoms with Crippen LogP contribution in [0.1, 0.15) is 28.8 Å². The van der Waals surface area contributed by atoms with Gasteiger partial charge in [-0.1, -0.05) is 29.8 Å². The molecule has 1 saturated heterocycles. The van der Waals surface area contributed by atoms with E-state index in [4.69, 9.17) is 22.1 Å². The zero-order valence-corrected chi connectivity index (χ0v) is 15.4. The van der Waals surface area contributed by atoms with Crippen molar-refractivity contribution in [2.75, 3.05) is 13.1 Å². The number of hydrogen-bond acceptors (Lipinski definition) is 3. The number of carbonyl (C=O) groups excluding carboxylic acids is 1. The molecule has 3 rings (SSSR count). The molecule has 1 aliphatic rings. The highest BCUT2D eigenvalue weighted by molar-refractivity contribution is 6.30. The predicted molar refractivity (Wildman–Crippen MR) is 103 cm³/mol. The molecule has 0 unspecified atom stereocenters. The Bertz CT molecular complexity index is 716. The number of piperidine rings is 1. The molecule has 1 fully saturated rings. The fourth-order valence-corrected chi connectivity index (χ4v) is 3.01. The van der Waals surface area contributed by atoms with E-state index < -0.39 is 0 Å². The van der Waals surface area contributed by atoms with Gasteiger partial charge in [-0.3, -0.25) is 4.79 Å². The SMILES string of the molecule is Cl.NC1CCN(C(=O)c2cccc(OCc3cccc(Cl)c3)c2)CC1. The maximum absolute atomic E-state index is 12.6. The Labute approximate surface area is 159 Å². The normalized spacial score (nSPS) is 14.7. The number of carbonyl (C=O) groups is 1. The summed E-state index contributed by atoms with van der Waals surface area (Å²) in [6, 6.07) is 15.1. The molecule has 1 aliphatic heterocycles. The molecule has 2 aromatic carbocycles. The third-order valence-corrected chi connectivity index (χ3v) is 4.44. The highest BCUT2D eigenvalue weighted by Crippen LogP contribution is 2.19. The summed E-state index contributed by atoms with van der Waals surface area (Å²) in [5.41, 5.74) is 7.54. The van der Waals surface area contributed by atoms with Crippen LogP contribution in [0.3, 0.4) is 0 Å². The number of halogens is 2. The van der Waals surface area contributed by atoms with E-state index in [0.29, 0.717) is 36.0 Å². The van der Waals surface area contributed by atoms with E-state index in [2.05, 4.69) is 0 Å². The van der Waals surface area contributed by atoms with Crippen LogP contribution in [0.15, 0.2) is 48.5 Å². The van der Waals surface area contributed by atoms with Gasteiger partial charge in [0.2, 0.25) is 0 Å². The van der Waals surface area contributed by atoms with E-state index in [9.17, 15) is 4.79 Å². The van der Waals surface area contributed by atoms with Crippen LogP contribution in [0.4, 0.5) is 0 Å². The van der Waals surface area contributed by atoms with Crippen LogP contribution in [0.5, 0.6) is 5.75 Å². The summed E-state index contributed by atoms with van der Waals surface area (Å²) >= 11 is 5.98.